The van der Waals surface area contributed by atoms with E-state index in [1.165, 1.54) is 5.56 Å². The van der Waals surface area contributed by atoms with E-state index in [-0.39, 0.29) is 17.6 Å². The van der Waals surface area contributed by atoms with Gasteiger partial charge in [0.15, 0.2) is 11.7 Å². The fourth-order valence-corrected chi connectivity index (χ4v) is 3.01. The van der Waals surface area contributed by atoms with Crippen molar-refractivity contribution in [1.82, 2.24) is 5.32 Å². The topological polar surface area (TPSA) is 50.4 Å². The Morgan fingerprint density at radius 2 is 1.96 bits per heavy atom. The molecule has 0 bridgehead atoms. The summed E-state index contributed by atoms with van der Waals surface area (Å²) in [4.78, 5) is 11.9. The van der Waals surface area contributed by atoms with Gasteiger partial charge in [-0.15, -0.1) is 0 Å². The third-order valence-corrected chi connectivity index (χ3v) is 4.66. The van der Waals surface area contributed by atoms with Crippen LogP contribution in [-0.4, -0.2) is 17.6 Å². The smallest absolute Gasteiger partial charge is 0.264 e. The van der Waals surface area contributed by atoms with E-state index in [1.54, 1.807) is 0 Å². The van der Waals surface area contributed by atoms with Crippen molar-refractivity contribution >= 4 is 67.4 Å². The van der Waals surface area contributed by atoms with E-state index in [0.29, 0.717) is 5.75 Å². The summed E-state index contributed by atoms with van der Waals surface area (Å²) in [5, 5.41) is 5.79. The molecule has 0 saturated carbocycles. The lowest BCUT2D eigenvalue weighted by Crippen LogP contribution is -2.37. The number of hydrogen-bond donors (Lipinski definition) is 2. The third kappa shape index (κ3) is 6.03. The summed E-state index contributed by atoms with van der Waals surface area (Å²) in [6.45, 7) is 1.97. The van der Waals surface area contributed by atoms with Gasteiger partial charge in [0, 0.05) is 9.26 Å². The van der Waals surface area contributed by atoms with Gasteiger partial charge >= 0.3 is 0 Å². The molecule has 0 aliphatic rings. The Labute approximate surface area is 168 Å². The van der Waals surface area contributed by atoms with E-state index in [2.05, 4.69) is 56.1 Å². The maximum absolute atomic E-state index is 11.9. The molecule has 0 saturated heterocycles. The molecule has 0 aromatic heterocycles. The van der Waals surface area contributed by atoms with Gasteiger partial charge < -0.3 is 10.1 Å². The van der Waals surface area contributed by atoms with Crippen LogP contribution < -0.4 is 15.4 Å². The van der Waals surface area contributed by atoms with E-state index >= 15 is 0 Å². The lowest BCUT2D eigenvalue weighted by molar-refractivity contribution is -0.121. The highest BCUT2D eigenvalue weighted by Gasteiger charge is 2.08. The Balaban J connectivity index is 1.82. The molecule has 0 spiro atoms. The van der Waals surface area contributed by atoms with E-state index < -0.39 is 0 Å². The molecule has 2 aromatic rings. The molecule has 2 aromatic carbocycles. The first-order chi connectivity index (χ1) is 11.5. The van der Waals surface area contributed by atoms with Crippen LogP contribution >= 0.6 is 50.7 Å². The first-order valence-electron chi connectivity index (χ1n) is 7.25. The third-order valence-electron chi connectivity index (χ3n) is 3.12. The molecule has 1 amide bonds. The minimum atomic E-state index is -0.315. The number of amides is 1. The quantitative estimate of drug-likeness (QED) is 0.451. The van der Waals surface area contributed by atoms with Crippen molar-refractivity contribution in [2.45, 2.75) is 13.3 Å². The van der Waals surface area contributed by atoms with Crippen LogP contribution in [0.4, 0.5) is 5.69 Å². The van der Waals surface area contributed by atoms with Crippen LogP contribution in [0.2, 0.25) is 0 Å². The monoisotopic (exact) mass is 518 g/mol. The number of rotatable bonds is 5. The van der Waals surface area contributed by atoms with Gasteiger partial charge in [-0.25, -0.2) is 0 Å². The maximum atomic E-state index is 11.9. The molecule has 0 radical (unpaired) electrons. The van der Waals surface area contributed by atoms with Gasteiger partial charge in [0.2, 0.25) is 0 Å². The van der Waals surface area contributed by atoms with Gasteiger partial charge in [0.25, 0.3) is 5.91 Å². The molecule has 0 fully saturated rings. The first-order valence-corrected chi connectivity index (χ1v) is 9.53. The van der Waals surface area contributed by atoms with Crippen molar-refractivity contribution in [1.29, 1.82) is 0 Å². The van der Waals surface area contributed by atoms with Gasteiger partial charge in [-0.1, -0.05) is 13.0 Å². The van der Waals surface area contributed by atoms with E-state index in [0.717, 1.165) is 20.2 Å². The molecule has 24 heavy (non-hydrogen) atoms. The summed E-state index contributed by atoms with van der Waals surface area (Å²) >= 11 is 10.8. The second-order valence-electron chi connectivity index (χ2n) is 4.92. The predicted octanol–water partition coefficient (Wildman–Crippen LogP) is 4.51. The lowest BCUT2D eigenvalue weighted by atomic mass is 10.2. The zero-order valence-corrected chi connectivity index (χ0v) is 17.5. The molecule has 0 aliphatic carbocycles. The number of benzene rings is 2. The molecular formula is C17H16BrIN2O2S. The largest absolute Gasteiger partial charge is 0.483 e. The zero-order valence-electron chi connectivity index (χ0n) is 12.9. The molecule has 0 atom stereocenters. The minimum Gasteiger partial charge on any atom is -0.483 e. The number of anilines is 1. The second kappa shape index (κ2) is 9.33. The molecule has 126 valence electrons. The van der Waals surface area contributed by atoms with Crippen LogP contribution in [-0.2, 0) is 11.2 Å². The normalized spacial score (nSPS) is 10.1. The molecule has 4 nitrogen and oxygen atoms in total. The van der Waals surface area contributed by atoms with Gasteiger partial charge in [0.05, 0.1) is 4.47 Å². The fourth-order valence-electron chi connectivity index (χ4n) is 1.88. The summed E-state index contributed by atoms with van der Waals surface area (Å²) in [5.41, 5.74) is 2.01. The minimum absolute atomic E-state index is 0.113. The molecule has 2 N–H and O–H groups in total. The van der Waals surface area contributed by atoms with Crippen LogP contribution in [0.15, 0.2) is 46.9 Å². The number of ether oxygens (including phenoxy) is 1. The lowest BCUT2D eigenvalue weighted by Gasteiger charge is -2.11. The molecular weight excluding hydrogens is 503 g/mol. The maximum Gasteiger partial charge on any atom is 0.264 e. The van der Waals surface area contributed by atoms with Crippen molar-refractivity contribution in [3.05, 3.63) is 56.1 Å². The molecule has 0 heterocycles. The van der Waals surface area contributed by atoms with Crippen LogP contribution in [0.25, 0.3) is 0 Å². The van der Waals surface area contributed by atoms with Crippen molar-refractivity contribution in [2.24, 2.45) is 0 Å². The van der Waals surface area contributed by atoms with Gasteiger partial charge in [-0.2, -0.15) is 0 Å². The van der Waals surface area contributed by atoms with E-state index in [1.807, 2.05) is 42.5 Å². The summed E-state index contributed by atoms with van der Waals surface area (Å²) in [5.74, 6) is 0.309. The standard InChI is InChI=1S/C17H16BrIN2O2S/c1-2-11-3-8-15(14(18)9-11)23-10-16(22)21-17(24)20-13-6-4-12(19)5-7-13/h3-9H,2,10H2,1H3,(H2,20,21,22,24). The predicted molar refractivity (Wildman–Crippen MR) is 113 cm³/mol. The number of thiocarbonyl (C=S) groups is 1. The molecule has 0 unspecified atom stereocenters. The average Bonchev–Trinajstić information content (AvgIpc) is 2.55. The van der Waals surface area contributed by atoms with Crippen LogP contribution in [0.1, 0.15) is 12.5 Å². The highest BCUT2D eigenvalue weighted by Crippen LogP contribution is 2.26. The molecule has 7 heteroatoms. The number of hydrogen-bond acceptors (Lipinski definition) is 3. The Morgan fingerprint density at radius 1 is 1.25 bits per heavy atom. The van der Waals surface area contributed by atoms with Crippen LogP contribution in [0.3, 0.4) is 0 Å². The fraction of sp³-hybridized carbons (Fsp3) is 0.176. The summed E-state index contributed by atoms with van der Waals surface area (Å²) in [7, 11) is 0. The average molecular weight is 519 g/mol. The number of carbonyl (C=O) groups excluding carboxylic acids is 1. The number of nitrogens with one attached hydrogen (secondary N) is 2. The molecule has 2 rings (SSSR count). The van der Waals surface area contributed by atoms with Crippen LogP contribution in [0, 0.1) is 3.57 Å². The van der Waals surface area contributed by atoms with Gasteiger partial charge in [0.1, 0.15) is 5.75 Å². The number of halogens is 2. The highest BCUT2D eigenvalue weighted by molar-refractivity contribution is 14.1. The van der Waals surface area contributed by atoms with E-state index in [4.69, 9.17) is 17.0 Å². The first kappa shape index (κ1) is 19.1. The summed E-state index contributed by atoms with van der Waals surface area (Å²) in [6.07, 6.45) is 0.942. The van der Waals surface area contributed by atoms with Crippen molar-refractivity contribution in [2.75, 3.05) is 11.9 Å². The van der Waals surface area contributed by atoms with Gasteiger partial charge in [-0.05, 0) is 99.1 Å². The van der Waals surface area contributed by atoms with Crippen molar-refractivity contribution in [3.63, 3.8) is 0 Å². The Hall–Kier alpha value is -1.19. The Bertz CT molecular complexity index is 738. The summed E-state index contributed by atoms with van der Waals surface area (Å²) < 4.78 is 7.47. The van der Waals surface area contributed by atoms with Gasteiger partial charge in [-0.3, -0.25) is 10.1 Å². The summed E-state index contributed by atoms with van der Waals surface area (Å²) in [6, 6.07) is 13.5. The number of carbonyl (C=O) groups is 1. The van der Waals surface area contributed by atoms with Crippen molar-refractivity contribution in [3.8, 4) is 5.75 Å². The van der Waals surface area contributed by atoms with Crippen LogP contribution in [0.5, 0.6) is 5.75 Å². The molecule has 0 aliphatic heterocycles. The number of aryl methyl sites for hydroxylation is 1. The Kier molecular flexibility index (Phi) is 7.44. The zero-order chi connectivity index (χ0) is 17.5. The highest BCUT2D eigenvalue weighted by atomic mass is 127. The Morgan fingerprint density at radius 3 is 2.58 bits per heavy atom. The van der Waals surface area contributed by atoms with Crippen molar-refractivity contribution < 1.29 is 9.53 Å². The second-order valence-corrected chi connectivity index (χ2v) is 7.42. The SMILES string of the molecule is CCc1ccc(OCC(=O)NC(=S)Nc2ccc(I)cc2)c(Br)c1. The van der Waals surface area contributed by atoms with E-state index in [9.17, 15) is 4.79 Å².